The van der Waals surface area contributed by atoms with E-state index >= 15 is 0 Å². The van der Waals surface area contributed by atoms with Crippen LogP contribution < -0.4 is 10.2 Å². The van der Waals surface area contributed by atoms with Gasteiger partial charge in [0.05, 0.1) is 12.2 Å². The first-order valence-corrected chi connectivity index (χ1v) is 5.57. The lowest BCUT2D eigenvalue weighted by Gasteiger charge is -2.31. The Hall–Kier alpha value is -1.58. The highest BCUT2D eigenvalue weighted by Crippen LogP contribution is 2.27. The number of carbonyl (C=O) groups excluding carboxylic acids is 1. The topological polar surface area (TPSA) is 45.2 Å². The molecular weight excluding hydrogens is 202 g/mol. The van der Waals surface area contributed by atoms with Crippen LogP contribution in [0.4, 0.5) is 11.5 Å². The van der Waals surface area contributed by atoms with Crippen LogP contribution in [0, 0.1) is 12.8 Å². The molecule has 1 aliphatic heterocycles. The lowest BCUT2D eigenvalue weighted by Crippen LogP contribution is -2.40. The zero-order valence-electron chi connectivity index (χ0n) is 9.95. The van der Waals surface area contributed by atoms with E-state index in [4.69, 9.17) is 0 Å². The van der Waals surface area contributed by atoms with Crippen molar-refractivity contribution in [1.82, 2.24) is 4.98 Å². The number of pyridine rings is 1. The van der Waals surface area contributed by atoms with Crippen LogP contribution >= 0.6 is 0 Å². The summed E-state index contributed by atoms with van der Waals surface area (Å²) in [5.74, 6) is 1.45. The zero-order chi connectivity index (χ0) is 11.7. The van der Waals surface area contributed by atoms with Gasteiger partial charge in [-0.05, 0) is 24.5 Å². The van der Waals surface area contributed by atoms with Crippen molar-refractivity contribution in [2.75, 3.05) is 23.3 Å². The molecule has 0 bridgehead atoms. The van der Waals surface area contributed by atoms with Crippen molar-refractivity contribution in [1.29, 1.82) is 0 Å². The lowest BCUT2D eigenvalue weighted by atomic mass is 10.1. The zero-order valence-corrected chi connectivity index (χ0v) is 9.95. The van der Waals surface area contributed by atoms with E-state index in [2.05, 4.69) is 24.1 Å². The second kappa shape index (κ2) is 4.12. The van der Waals surface area contributed by atoms with Gasteiger partial charge in [0, 0.05) is 12.7 Å². The van der Waals surface area contributed by atoms with E-state index in [0.29, 0.717) is 12.5 Å². The fourth-order valence-corrected chi connectivity index (χ4v) is 1.94. The van der Waals surface area contributed by atoms with E-state index in [1.807, 2.05) is 24.1 Å². The number of carbonyl (C=O) groups is 1. The molecule has 0 unspecified atom stereocenters. The molecule has 0 saturated heterocycles. The number of hydrogen-bond acceptors (Lipinski definition) is 3. The molecule has 16 heavy (non-hydrogen) atoms. The van der Waals surface area contributed by atoms with E-state index in [-0.39, 0.29) is 5.91 Å². The molecule has 0 aromatic carbocycles. The average molecular weight is 219 g/mol. The Labute approximate surface area is 95.7 Å². The predicted octanol–water partition coefficient (Wildman–Crippen LogP) is 1.80. The number of anilines is 2. The minimum Gasteiger partial charge on any atom is -0.345 e. The number of nitrogens with zero attached hydrogens (tertiary/aromatic N) is 2. The van der Waals surface area contributed by atoms with Crippen LogP contribution in [0.5, 0.6) is 0 Å². The van der Waals surface area contributed by atoms with Gasteiger partial charge in [-0.25, -0.2) is 4.98 Å². The quantitative estimate of drug-likeness (QED) is 0.825. The molecule has 1 aromatic rings. The number of aromatic nitrogens is 1. The Kier molecular flexibility index (Phi) is 2.81. The normalized spacial score (nSPS) is 15.0. The van der Waals surface area contributed by atoms with Crippen molar-refractivity contribution in [3.05, 3.63) is 17.8 Å². The molecule has 4 nitrogen and oxygen atoms in total. The van der Waals surface area contributed by atoms with Crippen molar-refractivity contribution in [3.8, 4) is 0 Å². The van der Waals surface area contributed by atoms with E-state index < -0.39 is 0 Å². The van der Waals surface area contributed by atoms with Crippen molar-refractivity contribution >= 4 is 17.4 Å². The Balaban J connectivity index is 2.34. The van der Waals surface area contributed by atoms with Gasteiger partial charge in [0.25, 0.3) is 0 Å². The van der Waals surface area contributed by atoms with Gasteiger partial charge in [-0.3, -0.25) is 4.79 Å². The Bertz CT molecular complexity index is 415. The number of hydrogen-bond donors (Lipinski definition) is 1. The maximum absolute atomic E-state index is 11.5. The molecule has 1 amide bonds. The molecule has 1 aliphatic rings. The molecule has 0 radical (unpaired) electrons. The summed E-state index contributed by atoms with van der Waals surface area (Å²) in [6.07, 6.45) is 1.84. The second-order valence-electron chi connectivity index (χ2n) is 4.71. The number of fused-ring (bicyclic) bond motifs is 1. The molecule has 0 fully saturated rings. The number of rotatable bonds is 2. The second-order valence-corrected chi connectivity index (χ2v) is 4.71. The molecule has 1 aromatic heterocycles. The van der Waals surface area contributed by atoms with Crippen molar-refractivity contribution in [2.45, 2.75) is 20.8 Å². The number of aryl methyl sites for hydroxylation is 1. The molecule has 0 spiro atoms. The largest absolute Gasteiger partial charge is 0.345 e. The summed E-state index contributed by atoms with van der Waals surface area (Å²) in [7, 11) is 0. The Morgan fingerprint density at radius 3 is 3.00 bits per heavy atom. The van der Waals surface area contributed by atoms with E-state index in [1.54, 1.807) is 0 Å². The van der Waals surface area contributed by atoms with Crippen LogP contribution in [0.25, 0.3) is 0 Å². The molecular formula is C12H17N3O. The Morgan fingerprint density at radius 2 is 2.31 bits per heavy atom. The van der Waals surface area contributed by atoms with Gasteiger partial charge in [-0.1, -0.05) is 13.8 Å². The van der Waals surface area contributed by atoms with Crippen LogP contribution in [0.3, 0.4) is 0 Å². The summed E-state index contributed by atoms with van der Waals surface area (Å²) in [5, 5.41) is 2.86. The SMILES string of the molecule is Cc1cnc2c(c1)NC(=O)CN2CC(C)C. The monoisotopic (exact) mass is 219 g/mol. The summed E-state index contributed by atoms with van der Waals surface area (Å²) in [4.78, 5) is 18.0. The predicted molar refractivity (Wildman–Crippen MR) is 64.7 cm³/mol. The van der Waals surface area contributed by atoms with Gasteiger partial charge in [-0.15, -0.1) is 0 Å². The first kappa shape index (κ1) is 10.9. The van der Waals surface area contributed by atoms with E-state index in [9.17, 15) is 4.79 Å². The summed E-state index contributed by atoms with van der Waals surface area (Å²) in [5.41, 5.74) is 1.89. The van der Waals surface area contributed by atoms with Gasteiger partial charge >= 0.3 is 0 Å². The molecule has 0 aliphatic carbocycles. The van der Waals surface area contributed by atoms with Crippen molar-refractivity contribution in [2.24, 2.45) is 5.92 Å². The minimum absolute atomic E-state index is 0.0422. The van der Waals surface area contributed by atoms with Gasteiger partial charge in [0.15, 0.2) is 5.82 Å². The molecule has 4 heteroatoms. The third-order valence-corrected chi connectivity index (χ3v) is 2.50. The average Bonchev–Trinajstić information content (AvgIpc) is 2.15. The highest BCUT2D eigenvalue weighted by atomic mass is 16.2. The van der Waals surface area contributed by atoms with Crippen LogP contribution in [-0.4, -0.2) is 24.0 Å². The first-order valence-electron chi connectivity index (χ1n) is 5.57. The van der Waals surface area contributed by atoms with Crippen molar-refractivity contribution in [3.63, 3.8) is 0 Å². The third-order valence-electron chi connectivity index (χ3n) is 2.50. The number of amides is 1. The highest BCUT2D eigenvalue weighted by Gasteiger charge is 2.23. The summed E-state index contributed by atoms with van der Waals surface area (Å²) in [6, 6.07) is 1.96. The standard InChI is InChI=1S/C12H17N3O/c1-8(2)6-15-7-11(16)14-10-4-9(3)5-13-12(10)15/h4-5,8H,6-7H2,1-3H3,(H,14,16). The molecule has 0 atom stereocenters. The maximum Gasteiger partial charge on any atom is 0.244 e. The van der Waals surface area contributed by atoms with Crippen LogP contribution in [0.15, 0.2) is 12.3 Å². The summed E-state index contributed by atoms with van der Waals surface area (Å²) >= 11 is 0. The summed E-state index contributed by atoms with van der Waals surface area (Å²) in [6.45, 7) is 7.51. The van der Waals surface area contributed by atoms with Gasteiger partial charge in [0.1, 0.15) is 0 Å². The number of nitrogens with one attached hydrogen (secondary N) is 1. The van der Waals surface area contributed by atoms with Crippen LogP contribution in [0.1, 0.15) is 19.4 Å². The highest BCUT2D eigenvalue weighted by molar-refractivity contribution is 6.00. The van der Waals surface area contributed by atoms with Crippen LogP contribution in [-0.2, 0) is 4.79 Å². The lowest BCUT2D eigenvalue weighted by molar-refractivity contribution is -0.115. The molecule has 86 valence electrons. The van der Waals surface area contributed by atoms with Gasteiger partial charge in [-0.2, -0.15) is 0 Å². The maximum atomic E-state index is 11.5. The third kappa shape index (κ3) is 2.15. The van der Waals surface area contributed by atoms with E-state index in [0.717, 1.165) is 23.6 Å². The van der Waals surface area contributed by atoms with Gasteiger partial charge < -0.3 is 10.2 Å². The fourth-order valence-electron chi connectivity index (χ4n) is 1.94. The first-order chi connectivity index (χ1) is 7.56. The smallest absolute Gasteiger partial charge is 0.244 e. The van der Waals surface area contributed by atoms with Gasteiger partial charge in [0.2, 0.25) is 5.91 Å². The molecule has 2 heterocycles. The van der Waals surface area contributed by atoms with Crippen LogP contribution in [0.2, 0.25) is 0 Å². The van der Waals surface area contributed by atoms with E-state index in [1.165, 1.54) is 0 Å². The minimum atomic E-state index is 0.0422. The summed E-state index contributed by atoms with van der Waals surface area (Å²) < 4.78 is 0. The Morgan fingerprint density at radius 1 is 1.56 bits per heavy atom. The van der Waals surface area contributed by atoms with Crippen molar-refractivity contribution < 1.29 is 4.79 Å². The molecule has 2 rings (SSSR count). The molecule has 0 saturated carbocycles. The fraction of sp³-hybridized carbons (Fsp3) is 0.500. The molecule has 1 N–H and O–H groups in total.